The summed E-state index contributed by atoms with van der Waals surface area (Å²) in [6.07, 6.45) is 5.86. The van der Waals surface area contributed by atoms with E-state index in [0.29, 0.717) is 32.7 Å². The lowest BCUT2D eigenvalue weighted by Crippen LogP contribution is -2.36. The minimum absolute atomic E-state index is 0.0141. The van der Waals surface area contributed by atoms with Crippen LogP contribution >= 0.6 is 0 Å². The third-order valence-electron chi connectivity index (χ3n) is 4.58. The van der Waals surface area contributed by atoms with Crippen LogP contribution < -0.4 is 5.32 Å². The Morgan fingerprint density at radius 2 is 2.25 bits per heavy atom. The Morgan fingerprint density at radius 3 is 3.04 bits per heavy atom. The molecule has 2 aromatic heterocycles. The predicted octanol–water partition coefficient (Wildman–Crippen LogP) is 0.665. The second-order valence-electron chi connectivity index (χ2n) is 7.15. The number of rotatable bonds is 8. The zero-order valence-corrected chi connectivity index (χ0v) is 16.5. The van der Waals surface area contributed by atoms with Gasteiger partial charge >= 0.3 is 0 Å². The third-order valence-corrected chi connectivity index (χ3v) is 4.58. The molecule has 0 spiro atoms. The lowest BCUT2D eigenvalue weighted by Gasteiger charge is -2.29. The van der Waals surface area contributed by atoms with Gasteiger partial charge in [0, 0.05) is 45.0 Å². The number of carbonyl (C=O) groups is 1. The first-order chi connectivity index (χ1) is 13.6. The summed E-state index contributed by atoms with van der Waals surface area (Å²) >= 11 is 0. The molecule has 150 valence electrons. The number of hydrogen-bond acceptors (Lipinski definition) is 7. The van der Waals surface area contributed by atoms with Gasteiger partial charge in [-0.1, -0.05) is 6.07 Å². The van der Waals surface area contributed by atoms with Crippen LogP contribution in [0.1, 0.15) is 23.2 Å². The van der Waals surface area contributed by atoms with Gasteiger partial charge in [-0.15, -0.1) is 0 Å². The first-order valence-corrected chi connectivity index (χ1v) is 9.56. The molecule has 3 rings (SSSR count). The van der Waals surface area contributed by atoms with E-state index in [2.05, 4.69) is 32.2 Å². The summed E-state index contributed by atoms with van der Waals surface area (Å²) in [7, 11) is 3.98. The van der Waals surface area contributed by atoms with E-state index in [4.69, 9.17) is 4.74 Å². The molecule has 0 radical (unpaired) electrons. The largest absolute Gasteiger partial charge is 0.369 e. The summed E-state index contributed by atoms with van der Waals surface area (Å²) in [6.45, 7) is 3.94. The molecule has 3 heterocycles. The van der Waals surface area contributed by atoms with Crippen molar-refractivity contribution in [1.29, 1.82) is 0 Å². The lowest BCUT2D eigenvalue weighted by atomic mass is 10.2. The molecule has 1 fully saturated rings. The summed E-state index contributed by atoms with van der Waals surface area (Å²) in [5.74, 6) is -0.0141. The number of carbonyl (C=O) groups excluding carboxylic acids is 1. The zero-order valence-electron chi connectivity index (χ0n) is 16.5. The van der Waals surface area contributed by atoms with Gasteiger partial charge in [-0.2, -0.15) is 0 Å². The van der Waals surface area contributed by atoms with Crippen molar-refractivity contribution in [1.82, 2.24) is 30.1 Å². The van der Waals surface area contributed by atoms with E-state index >= 15 is 0 Å². The maximum absolute atomic E-state index is 12.1. The number of aromatic nitrogens is 3. The van der Waals surface area contributed by atoms with E-state index in [1.54, 1.807) is 18.6 Å². The van der Waals surface area contributed by atoms with Gasteiger partial charge in [0.25, 0.3) is 0 Å². The molecule has 0 saturated carbocycles. The van der Waals surface area contributed by atoms with Gasteiger partial charge in [0.05, 0.1) is 36.4 Å². The van der Waals surface area contributed by atoms with Crippen molar-refractivity contribution in [3.8, 4) is 0 Å². The first kappa shape index (κ1) is 20.3. The Morgan fingerprint density at radius 1 is 1.36 bits per heavy atom. The molecule has 1 aliphatic heterocycles. The Bertz CT molecular complexity index is 757. The quantitative estimate of drug-likeness (QED) is 0.716. The molecule has 1 unspecified atom stereocenters. The monoisotopic (exact) mass is 384 g/mol. The average molecular weight is 384 g/mol. The summed E-state index contributed by atoms with van der Waals surface area (Å²) < 4.78 is 5.80. The molecule has 1 amide bonds. The summed E-state index contributed by atoms with van der Waals surface area (Å²) in [6, 6.07) is 5.78. The molecule has 28 heavy (non-hydrogen) atoms. The highest BCUT2D eigenvalue weighted by Gasteiger charge is 2.21. The number of pyridine rings is 1. The van der Waals surface area contributed by atoms with Crippen LogP contribution in [0.2, 0.25) is 0 Å². The molecule has 1 aliphatic rings. The van der Waals surface area contributed by atoms with Gasteiger partial charge in [-0.25, -0.2) is 0 Å². The molecule has 1 N–H and O–H groups in total. The summed E-state index contributed by atoms with van der Waals surface area (Å²) in [5, 5.41) is 2.95. The van der Waals surface area contributed by atoms with Gasteiger partial charge in [0.15, 0.2) is 0 Å². The van der Waals surface area contributed by atoms with Crippen molar-refractivity contribution in [2.24, 2.45) is 0 Å². The van der Waals surface area contributed by atoms with Gasteiger partial charge in [0.2, 0.25) is 5.91 Å². The van der Waals surface area contributed by atoms with Crippen molar-refractivity contribution in [3.63, 3.8) is 0 Å². The summed E-state index contributed by atoms with van der Waals surface area (Å²) in [5.41, 5.74) is 2.66. The number of hydrogen-bond donors (Lipinski definition) is 1. The number of nitrogens with zero attached hydrogens (tertiary/aromatic N) is 5. The van der Waals surface area contributed by atoms with Gasteiger partial charge in [0.1, 0.15) is 6.10 Å². The smallest absolute Gasteiger partial charge is 0.234 e. The molecular weight excluding hydrogens is 356 g/mol. The number of nitrogens with one attached hydrogen (secondary N) is 1. The molecule has 2 aromatic rings. The SMILES string of the molecule is CN(CC(=O)NCCc1cncc(C2CN(C)CCO2)n1)Cc1ccccn1. The predicted molar refractivity (Wildman–Crippen MR) is 106 cm³/mol. The van der Waals surface area contributed by atoms with Crippen LogP contribution in [0, 0.1) is 0 Å². The van der Waals surface area contributed by atoms with Gasteiger partial charge in [-0.05, 0) is 26.2 Å². The molecule has 1 saturated heterocycles. The van der Waals surface area contributed by atoms with E-state index in [1.807, 2.05) is 30.1 Å². The Kier molecular flexibility index (Phi) is 7.41. The van der Waals surface area contributed by atoms with Crippen LogP contribution in [-0.2, 0) is 22.5 Å². The van der Waals surface area contributed by atoms with E-state index in [9.17, 15) is 4.79 Å². The topological polar surface area (TPSA) is 83.5 Å². The average Bonchev–Trinajstić information content (AvgIpc) is 2.69. The fourth-order valence-corrected chi connectivity index (χ4v) is 3.11. The van der Waals surface area contributed by atoms with E-state index in [1.165, 1.54) is 0 Å². The number of ether oxygens (including phenoxy) is 1. The number of morpholine rings is 1. The minimum Gasteiger partial charge on any atom is -0.369 e. The standard InChI is InChI=1S/C20H28N6O2/c1-25-9-10-28-19(14-25)18-12-21-11-16(24-18)6-8-23-20(27)15-26(2)13-17-5-3-4-7-22-17/h3-5,7,11-12,19H,6,8-10,13-15H2,1-2H3,(H,23,27). The van der Waals surface area contributed by atoms with E-state index in [0.717, 1.165) is 30.2 Å². The normalized spacial score (nSPS) is 17.6. The fourth-order valence-electron chi connectivity index (χ4n) is 3.11. The van der Waals surface area contributed by atoms with E-state index < -0.39 is 0 Å². The highest BCUT2D eigenvalue weighted by Crippen LogP contribution is 2.19. The van der Waals surface area contributed by atoms with Gasteiger partial charge < -0.3 is 15.0 Å². The van der Waals surface area contributed by atoms with Crippen LogP contribution in [-0.4, -0.2) is 77.5 Å². The first-order valence-electron chi connectivity index (χ1n) is 9.56. The maximum atomic E-state index is 12.1. The molecule has 0 aliphatic carbocycles. The van der Waals surface area contributed by atoms with Crippen molar-refractivity contribution in [2.75, 3.05) is 46.9 Å². The number of amides is 1. The highest BCUT2D eigenvalue weighted by molar-refractivity contribution is 5.77. The zero-order chi connectivity index (χ0) is 19.8. The van der Waals surface area contributed by atoms with E-state index in [-0.39, 0.29) is 12.0 Å². The number of likely N-dealkylation sites (N-methyl/N-ethyl adjacent to an activating group) is 2. The van der Waals surface area contributed by atoms with Gasteiger partial charge in [-0.3, -0.25) is 24.6 Å². The van der Waals surface area contributed by atoms with Crippen LogP contribution in [0.15, 0.2) is 36.8 Å². The van der Waals surface area contributed by atoms with Crippen molar-refractivity contribution in [3.05, 3.63) is 53.9 Å². The molecule has 1 atom stereocenters. The maximum Gasteiger partial charge on any atom is 0.234 e. The Hall–Kier alpha value is -2.42. The molecule has 0 aromatic carbocycles. The van der Waals surface area contributed by atoms with Crippen LogP contribution in [0.5, 0.6) is 0 Å². The molecule has 8 nitrogen and oxygen atoms in total. The van der Waals surface area contributed by atoms with Crippen molar-refractivity contribution in [2.45, 2.75) is 19.1 Å². The molecule has 0 bridgehead atoms. The Labute approximate surface area is 166 Å². The fraction of sp³-hybridized carbons (Fsp3) is 0.500. The van der Waals surface area contributed by atoms with Crippen LogP contribution in [0.25, 0.3) is 0 Å². The minimum atomic E-state index is -0.0407. The Balaban J connectivity index is 1.42. The highest BCUT2D eigenvalue weighted by atomic mass is 16.5. The van der Waals surface area contributed by atoms with Crippen LogP contribution in [0.3, 0.4) is 0 Å². The summed E-state index contributed by atoms with van der Waals surface area (Å²) in [4.78, 5) is 29.5. The third kappa shape index (κ3) is 6.33. The molecule has 8 heteroatoms. The second kappa shape index (κ2) is 10.2. The van der Waals surface area contributed by atoms with Crippen LogP contribution in [0.4, 0.5) is 0 Å². The van der Waals surface area contributed by atoms with Crippen molar-refractivity contribution >= 4 is 5.91 Å². The molecular formula is C20H28N6O2. The lowest BCUT2D eigenvalue weighted by molar-refractivity contribution is -0.122. The van der Waals surface area contributed by atoms with Crippen molar-refractivity contribution < 1.29 is 9.53 Å². The second-order valence-corrected chi connectivity index (χ2v) is 7.15.